The molecule has 5 heterocycles. The van der Waals surface area contributed by atoms with Crippen LogP contribution in [0.25, 0.3) is 44.7 Å². The maximum absolute atomic E-state index is 4.94. The van der Waals surface area contributed by atoms with E-state index in [1.807, 2.05) is 36.7 Å². The molecular formula is C26H25N7. The minimum atomic E-state index is 0.538. The first-order valence-electron chi connectivity index (χ1n) is 11.4. The van der Waals surface area contributed by atoms with Crippen molar-refractivity contribution in [2.24, 2.45) is 5.92 Å². The van der Waals surface area contributed by atoms with Gasteiger partial charge in [-0.25, -0.2) is 9.97 Å². The van der Waals surface area contributed by atoms with E-state index in [0.29, 0.717) is 5.92 Å². The Morgan fingerprint density at radius 1 is 1.06 bits per heavy atom. The fourth-order valence-electron chi connectivity index (χ4n) is 4.72. The van der Waals surface area contributed by atoms with Gasteiger partial charge in [-0.15, -0.1) is 0 Å². The minimum absolute atomic E-state index is 0.538. The van der Waals surface area contributed by atoms with E-state index in [0.717, 1.165) is 56.1 Å². The maximum Gasteiger partial charge on any atom is 0.137 e. The van der Waals surface area contributed by atoms with Crippen molar-refractivity contribution in [2.45, 2.75) is 32.1 Å². The number of hydrogen-bond acceptors (Lipinski definition) is 5. The van der Waals surface area contributed by atoms with Crippen LogP contribution in [-0.4, -0.2) is 30.1 Å². The van der Waals surface area contributed by atoms with E-state index >= 15 is 0 Å². The predicted molar refractivity (Wildman–Crippen MR) is 132 cm³/mol. The average Bonchev–Trinajstić information content (AvgIpc) is 3.48. The molecule has 1 fully saturated rings. The van der Waals surface area contributed by atoms with Crippen LogP contribution in [0.15, 0.2) is 67.3 Å². The largest absolute Gasteiger partial charge is 0.358 e. The molecule has 5 aromatic rings. The average molecular weight is 436 g/mol. The quantitative estimate of drug-likeness (QED) is 0.311. The van der Waals surface area contributed by atoms with Gasteiger partial charge in [0, 0.05) is 29.0 Å². The van der Waals surface area contributed by atoms with Crippen LogP contribution in [0.1, 0.15) is 32.1 Å². The van der Waals surface area contributed by atoms with E-state index in [1.54, 1.807) is 6.20 Å². The standard InChI is InChI=1S/C26H25N7/c1-16(17-6-3-2-4-7-17)29-20-12-19(14-27-15-20)21-9-10-22-24(30-21)25(33-32-22)23-13-18-8-5-11-28-26(18)31-23/h5,8-15,17,29H,1-4,6-7H2,(H,28,31)(H,32,33). The van der Waals surface area contributed by atoms with Gasteiger partial charge in [-0.3, -0.25) is 10.1 Å². The van der Waals surface area contributed by atoms with E-state index in [2.05, 4.69) is 49.2 Å². The Balaban J connectivity index is 1.32. The Hall–Kier alpha value is -4.00. The minimum Gasteiger partial charge on any atom is -0.358 e. The summed E-state index contributed by atoms with van der Waals surface area (Å²) >= 11 is 0. The Bertz CT molecular complexity index is 1420. The molecule has 0 aromatic carbocycles. The first kappa shape index (κ1) is 19.7. The van der Waals surface area contributed by atoms with Crippen molar-refractivity contribution in [3.8, 4) is 22.6 Å². The van der Waals surface area contributed by atoms with Crippen LogP contribution in [0.3, 0.4) is 0 Å². The van der Waals surface area contributed by atoms with Gasteiger partial charge >= 0.3 is 0 Å². The number of hydrogen-bond donors (Lipinski definition) is 3. The van der Waals surface area contributed by atoms with Crippen molar-refractivity contribution < 1.29 is 0 Å². The summed E-state index contributed by atoms with van der Waals surface area (Å²) in [5, 5.41) is 12.1. The highest BCUT2D eigenvalue weighted by Gasteiger charge is 2.17. The lowest BCUT2D eigenvalue weighted by molar-refractivity contribution is 0.405. The zero-order valence-corrected chi connectivity index (χ0v) is 18.3. The molecule has 1 aliphatic rings. The molecule has 0 radical (unpaired) electrons. The molecule has 0 bridgehead atoms. The molecule has 7 heteroatoms. The van der Waals surface area contributed by atoms with Gasteiger partial charge in [0.15, 0.2) is 0 Å². The first-order valence-corrected chi connectivity index (χ1v) is 11.4. The second kappa shape index (κ2) is 8.16. The number of anilines is 1. The van der Waals surface area contributed by atoms with Gasteiger partial charge in [-0.05, 0) is 55.2 Å². The van der Waals surface area contributed by atoms with Gasteiger partial charge in [0.1, 0.15) is 16.9 Å². The van der Waals surface area contributed by atoms with Crippen molar-refractivity contribution in [3.05, 3.63) is 67.3 Å². The van der Waals surface area contributed by atoms with Crippen LogP contribution in [-0.2, 0) is 0 Å². The van der Waals surface area contributed by atoms with E-state index in [1.165, 1.54) is 32.1 Å². The van der Waals surface area contributed by atoms with Crippen molar-refractivity contribution in [3.63, 3.8) is 0 Å². The SMILES string of the molecule is C=C(Nc1cncc(-c2ccc3[nH]nc(-c4cc5cccnc5[nH]4)c3n2)c1)C1CCCCC1. The highest BCUT2D eigenvalue weighted by molar-refractivity contribution is 5.93. The molecular weight excluding hydrogens is 410 g/mol. The summed E-state index contributed by atoms with van der Waals surface area (Å²) in [4.78, 5) is 17.1. The summed E-state index contributed by atoms with van der Waals surface area (Å²) in [7, 11) is 0. The fraction of sp³-hybridized carbons (Fsp3) is 0.231. The van der Waals surface area contributed by atoms with Crippen molar-refractivity contribution >= 4 is 27.8 Å². The third-order valence-electron chi connectivity index (χ3n) is 6.49. The molecule has 0 unspecified atom stereocenters. The van der Waals surface area contributed by atoms with Crippen LogP contribution in [0.5, 0.6) is 0 Å². The van der Waals surface area contributed by atoms with Crippen LogP contribution in [0.2, 0.25) is 0 Å². The van der Waals surface area contributed by atoms with Crippen molar-refractivity contribution in [1.29, 1.82) is 0 Å². The van der Waals surface area contributed by atoms with Gasteiger partial charge in [0.05, 0.1) is 28.8 Å². The Labute approximate surface area is 191 Å². The molecule has 0 atom stereocenters. The zero-order chi connectivity index (χ0) is 22.2. The zero-order valence-electron chi connectivity index (χ0n) is 18.3. The van der Waals surface area contributed by atoms with Crippen LogP contribution < -0.4 is 5.32 Å². The number of nitrogens with zero attached hydrogens (tertiary/aromatic N) is 4. The second-order valence-corrected chi connectivity index (χ2v) is 8.74. The smallest absolute Gasteiger partial charge is 0.137 e. The Kier molecular flexibility index (Phi) is 4.87. The van der Waals surface area contributed by atoms with Gasteiger partial charge in [-0.2, -0.15) is 5.10 Å². The number of aromatic amines is 2. The highest BCUT2D eigenvalue weighted by Crippen LogP contribution is 2.31. The first-order chi connectivity index (χ1) is 16.2. The Morgan fingerprint density at radius 2 is 1.97 bits per heavy atom. The number of allylic oxidation sites excluding steroid dienone is 1. The summed E-state index contributed by atoms with van der Waals surface area (Å²) in [5.74, 6) is 0.538. The molecule has 0 spiro atoms. The molecule has 5 aromatic heterocycles. The monoisotopic (exact) mass is 435 g/mol. The van der Waals surface area contributed by atoms with Crippen molar-refractivity contribution in [2.75, 3.05) is 5.32 Å². The number of rotatable bonds is 5. The van der Waals surface area contributed by atoms with Gasteiger partial charge in [0.25, 0.3) is 0 Å². The molecule has 1 aliphatic carbocycles. The molecule has 164 valence electrons. The number of pyridine rings is 3. The summed E-state index contributed by atoms with van der Waals surface area (Å²) in [5.41, 5.74) is 8.01. The second-order valence-electron chi connectivity index (χ2n) is 8.74. The third-order valence-corrected chi connectivity index (χ3v) is 6.49. The lowest BCUT2D eigenvalue weighted by atomic mass is 9.87. The lowest BCUT2D eigenvalue weighted by Gasteiger charge is -2.24. The molecule has 33 heavy (non-hydrogen) atoms. The number of fused-ring (bicyclic) bond motifs is 2. The molecule has 0 aliphatic heterocycles. The van der Waals surface area contributed by atoms with Gasteiger partial charge in [0.2, 0.25) is 0 Å². The van der Waals surface area contributed by atoms with Crippen molar-refractivity contribution in [1.82, 2.24) is 30.1 Å². The number of aromatic nitrogens is 6. The van der Waals surface area contributed by atoms with E-state index in [9.17, 15) is 0 Å². The molecule has 7 nitrogen and oxygen atoms in total. The summed E-state index contributed by atoms with van der Waals surface area (Å²) in [6, 6.07) is 12.1. The van der Waals surface area contributed by atoms with E-state index in [4.69, 9.17) is 4.98 Å². The molecule has 0 amide bonds. The lowest BCUT2D eigenvalue weighted by Crippen LogP contribution is -2.14. The normalized spacial score (nSPS) is 14.7. The van der Waals surface area contributed by atoms with Crippen LogP contribution in [0.4, 0.5) is 5.69 Å². The topological polar surface area (TPSA) is 95.2 Å². The third kappa shape index (κ3) is 3.75. The van der Waals surface area contributed by atoms with Crippen LogP contribution in [0, 0.1) is 5.92 Å². The Morgan fingerprint density at radius 3 is 2.85 bits per heavy atom. The number of H-pyrrole nitrogens is 2. The van der Waals surface area contributed by atoms with Gasteiger partial charge in [-0.1, -0.05) is 25.8 Å². The maximum atomic E-state index is 4.94. The summed E-state index contributed by atoms with van der Waals surface area (Å²) in [6.07, 6.45) is 11.8. The fourth-order valence-corrected chi connectivity index (χ4v) is 4.72. The molecule has 0 saturated heterocycles. The van der Waals surface area contributed by atoms with Gasteiger partial charge < -0.3 is 10.3 Å². The summed E-state index contributed by atoms with van der Waals surface area (Å²) < 4.78 is 0. The van der Waals surface area contributed by atoms with E-state index in [-0.39, 0.29) is 0 Å². The molecule has 6 rings (SSSR count). The predicted octanol–water partition coefficient (Wildman–Crippen LogP) is 6.07. The number of nitrogens with one attached hydrogen (secondary N) is 3. The highest BCUT2D eigenvalue weighted by atomic mass is 15.1. The summed E-state index contributed by atoms with van der Waals surface area (Å²) in [6.45, 7) is 4.30. The molecule has 1 saturated carbocycles. The molecule has 3 N–H and O–H groups in total. The van der Waals surface area contributed by atoms with E-state index < -0.39 is 0 Å². The van der Waals surface area contributed by atoms with Crippen LogP contribution >= 0.6 is 0 Å².